The first-order valence-corrected chi connectivity index (χ1v) is 14.0. The highest BCUT2D eigenvalue weighted by molar-refractivity contribution is 9.10. The van der Waals surface area contributed by atoms with Gasteiger partial charge in [-0.05, 0) is 87.0 Å². The zero-order chi connectivity index (χ0) is 27.9. The largest absolute Gasteiger partial charge is 0.490 e. The molecule has 1 unspecified atom stereocenters. The van der Waals surface area contributed by atoms with Crippen LogP contribution in [0.3, 0.4) is 0 Å². The Bertz CT molecular complexity index is 1380. The second-order valence-corrected chi connectivity index (χ2v) is 11.0. The van der Waals surface area contributed by atoms with Crippen LogP contribution in [0.25, 0.3) is 0 Å². The van der Waals surface area contributed by atoms with Gasteiger partial charge < -0.3 is 20.5 Å². The summed E-state index contributed by atoms with van der Waals surface area (Å²) in [7, 11) is -4.03. The molecule has 3 aromatic carbocycles. The van der Waals surface area contributed by atoms with E-state index in [1.54, 1.807) is 54.6 Å². The molecule has 0 aliphatic rings. The molecule has 1 amide bonds. The van der Waals surface area contributed by atoms with Gasteiger partial charge in [0.25, 0.3) is 15.9 Å². The van der Waals surface area contributed by atoms with Crippen molar-refractivity contribution in [3.8, 4) is 11.5 Å². The van der Waals surface area contributed by atoms with E-state index in [2.05, 4.69) is 31.5 Å². The van der Waals surface area contributed by atoms with Gasteiger partial charge in [-0.3, -0.25) is 15.6 Å². The summed E-state index contributed by atoms with van der Waals surface area (Å²) >= 11 is 3.27. The molecule has 0 bridgehead atoms. The molecule has 0 spiro atoms. The number of ether oxygens (including phenoxy) is 2. The molecule has 12 heteroatoms. The minimum absolute atomic E-state index is 0.0147. The highest BCUT2D eigenvalue weighted by Crippen LogP contribution is 2.33. The Morgan fingerprint density at radius 1 is 1.03 bits per heavy atom. The van der Waals surface area contributed by atoms with Crippen molar-refractivity contribution in [3.63, 3.8) is 0 Å². The van der Waals surface area contributed by atoms with E-state index in [0.29, 0.717) is 34.9 Å². The van der Waals surface area contributed by atoms with Gasteiger partial charge in [0.2, 0.25) is 0 Å². The number of carbonyl (C=O) groups is 1. The molecule has 0 radical (unpaired) electrons. The van der Waals surface area contributed by atoms with E-state index in [0.717, 1.165) is 4.47 Å². The van der Waals surface area contributed by atoms with Gasteiger partial charge in [-0.25, -0.2) is 8.42 Å². The number of nitrogen functional groups attached to an aromatic ring is 1. The van der Waals surface area contributed by atoms with Crippen molar-refractivity contribution < 1.29 is 22.7 Å². The van der Waals surface area contributed by atoms with Crippen molar-refractivity contribution in [2.45, 2.75) is 37.8 Å². The van der Waals surface area contributed by atoms with Gasteiger partial charge in [0, 0.05) is 15.7 Å². The van der Waals surface area contributed by atoms with E-state index in [4.69, 9.17) is 20.6 Å². The van der Waals surface area contributed by atoms with Crippen LogP contribution in [0.5, 0.6) is 11.5 Å². The van der Waals surface area contributed by atoms with Gasteiger partial charge in [0.05, 0.1) is 17.6 Å². The summed E-state index contributed by atoms with van der Waals surface area (Å²) in [5.41, 5.74) is 9.41. The quantitative estimate of drug-likeness (QED) is 0.119. The van der Waals surface area contributed by atoms with Crippen LogP contribution in [0, 0.1) is 5.41 Å². The molecule has 10 nitrogen and oxygen atoms in total. The van der Waals surface area contributed by atoms with Gasteiger partial charge in [0.1, 0.15) is 11.9 Å². The number of benzene rings is 3. The number of rotatable bonds is 12. The summed E-state index contributed by atoms with van der Waals surface area (Å²) in [6.45, 7) is 6.00. The van der Waals surface area contributed by atoms with Crippen LogP contribution in [0.15, 0.2) is 76.1 Å². The Hall–Kier alpha value is -3.61. The maximum atomic E-state index is 13.4. The minimum atomic E-state index is -4.03. The predicted molar refractivity (Wildman–Crippen MR) is 150 cm³/mol. The van der Waals surface area contributed by atoms with Gasteiger partial charge in [-0.2, -0.15) is 0 Å². The number of nitrogens with two attached hydrogens (primary N) is 1. The summed E-state index contributed by atoms with van der Waals surface area (Å²) in [6, 6.07) is 16.7. The van der Waals surface area contributed by atoms with Gasteiger partial charge in [-0.1, -0.05) is 22.0 Å². The fourth-order valence-corrected chi connectivity index (χ4v) is 4.51. The summed E-state index contributed by atoms with van der Waals surface area (Å²) in [6.07, 6.45) is -0.0925. The van der Waals surface area contributed by atoms with Crippen LogP contribution in [0.4, 0.5) is 5.69 Å². The van der Waals surface area contributed by atoms with Crippen molar-refractivity contribution in [2.75, 3.05) is 11.9 Å². The van der Waals surface area contributed by atoms with E-state index in [-0.39, 0.29) is 16.8 Å². The van der Waals surface area contributed by atoms with E-state index >= 15 is 0 Å². The first kappa shape index (κ1) is 29.0. The number of amidine groups is 1. The fourth-order valence-electron chi connectivity index (χ4n) is 3.40. The third kappa shape index (κ3) is 7.70. The SMILES string of the molecule is CCOc1cc(C(Nc2ccc(C(=N)N)cc2)C(=O)NNS(=O)(=O)c2ccc(Br)cc2)ccc1OC(C)C. The second kappa shape index (κ2) is 12.8. The lowest BCUT2D eigenvalue weighted by Gasteiger charge is -2.22. The number of carbonyl (C=O) groups excluding carboxylic acids is 1. The first-order chi connectivity index (χ1) is 18.0. The second-order valence-electron chi connectivity index (χ2n) is 8.42. The van der Waals surface area contributed by atoms with Crippen LogP contribution in [0.2, 0.25) is 0 Å². The topological polar surface area (TPSA) is 156 Å². The van der Waals surface area contributed by atoms with Gasteiger partial charge >= 0.3 is 0 Å². The average molecular weight is 605 g/mol. The Balaban J connectivity index is 1.92. The van der Waals surface area contributed by atoms with Crippen molar-refractivity contribution in [1.82, 2.24) is 10.3 Å². The number of hydrogen-bond donors (Lipinski definition) is 5. The molecule has 6 N–H and O–H groups in total. The van der Waals surface area contributed by atoms with E-state index in [1.807, 2.05) is 20.8 Å². The molecule has 38 heavy (non-hydrogen) atoms. The molecule has 0 aliphatic heterocycles. The van der Waals surface area contributed by atoms with Crippen molar-refractivity contribution >= 4 is 43.4 Å². The smallest absolute Gasteiger partial charge is 0.262 e. The third-order valence-electron chi connectivity index (χ3n) is 5.17. The Morgan fingerprint density at radius 3 is 2.26 bits per heavy atom. The lowest BCUT2D eigenvalue weighted by molar-refractivity contribution is -0.122. The summed E-state index contributed by atoms with van der Waals surface area (Å²) in [4.78, 5) is 15.5. The lowest BCUT2D eigenvalue weighted by atomic mass is 10.0. The maximum absolute atomic E-state index is 13.4. The lowest BCUT2D eigenvalue weighted by Crippen LogP contribution is -2.45. The van der Waals surface area contributed by atoms with E-state index < -0.39 is 22.0 Å². The number of sulfonamides is 1. The minimum Gasteiger partial charge on any atom is -0.490 e. The normalized spacial score (nSPS) is 12.0. The Kier molecular flexibility index (Phi) is 9.72. The van der Waals surface area contributed by atoms with Crippen LogP contribution < -0.4 is 30.8 Å². The van der Waals surface area contributed by atoms with Crippen LogP contribution in [-0.4, -0.2) is 32.9 Å². The average Bonchev–Trinajstić information content (AvgIpc) is 2.87. The molecule has 202 valence electrons. The van der Waals surface area contributed by atoms with Crippen LogP contribution in [0.1, 0.15) is 37.9 Å². The molecule has 1 atom stereocenters. The summed E-state index contributed by atoms with van der Waals surface area (Å²) in [5, 5.41) is 10.7. The number of anilines is 1. The van der Waals surface area contributed by atoms with Crippen molar-refractivity contribution in [2.24, 2.45) is 5.73 Å². The van der Waals surface area contributed by atoms with Gasteiger partial charge in [-0.15, -0.1) is 4.83 Å². The molecule has 0 saturated heterocycles. The van der Waals surface area contributed by atoms with E-state index in [9.17, 15) is 13.2 Å². The number of hydrazine groups is 1. The molecule has 3 aromatic rings. The zero-order valence-corrected chi connectivity index (χ0v) is 23.5. The Labute approximate surface area is 230 Å². The number of halogens is 1. The summed E-state index contributed by atoms with van der Waals surface area (Å²) < 4.78 is 37.7. The third-order valence-corrected chi connectivity index (χ3v) is 6.96. The highest BCUT2D eigenvalue weighted by atomic mass is 79.9. The molecular formula is C26H30BrN5O5S. The molecule has 0 aromatic heterocycles. The molecule has 0 aliphatic carbocycles. The standard InChI is InChI=1S/C26H30BrN5O5S/c1-4-36-23-15-18(7-14-22(23)37-16(2)3)24(30-20-10-5-17(6-11-20)25(28)29)26(33)31-32-38(34,35)21-12-8-19(27)9-13-21/h5-16,24,30,32H,4H2,1-3H3,(H3,28,29)(H,31,33). The van der Waals surface area contributed by atoms with Gasteiger partial charge in [0.15, 0.2) is 11.5 Å². The predicted octanol–water partition coefficient (Wildman–Crippen LogP) is 4.08. The van der Waals surface area contributed by atoms with Crippen LogP contribution >= 0.6 is 15.9 Å². The number of nitrogens with one attached hydrogen (secondary N) is 4. The summed E-state index contributed by atoms with van der Waals surface area (Å²) in [5.74, 6) is 0.212. The molecule has 0 saturated carbocycles. The fraction of sp³-hybridized carbons (Fsp3) is 0.231. The molecule has 0 heterocycles. The zero-order valence-electron chi connectivity index (χ0n) is 21.1. The van der Waals surface area contributed by atoms with Crippen molar-refractivity contribution in [3.05, 3.63) is 82.3 Å². The first-order valence-electron chi connectivity index (χ1n) is 11.7. The number of amides is 1. The molecule has 3 rings (SSSR count). The highest BCUT2D eigenvalue weighted by Gasteiger charge is 2.25. The van der Waals surface area contributed by atoms with Crippen molar-refractivity contribution in [1.29, 1.82) is 5.41 Å². The number of hydrogen-bond acceptors (Lipinski definition) is 7. The Morgan fingerprint density at radius 2 is 1.68 bits per heavy atom. The molecule has 0 fully saturated rings. The van der Waals surface area contributed by atoms with Crippen LogP contribution in [-0.2, 0) is 14.8 Å². The van der Waals surface area contributed by atoms with E-state index in [1.165, 1.54) is 12.1 Å². The monoisotopic (exact) mass is 603 g/mol. The molecular weight excluding hydrogens is 574 g/mol. The maximum Gasteiger partial charge on any atom is 0.262 e.